The second-order valence-corrected chi connectivity index (χ2v) is 11.1. The fraction of sp³-hybridized carbons (Fsp3) is 0.350. The molecule has 9 nitrogen and oxygen atoms in total. The van der Waals surface area contributed by atoms with Crippen LogP contribution in [0.5, 0.6) is 0 Å². The Morgan fingerprint density at radius 1 is 0.968 bits per heavy atom. The normalized spacial score (nSPS) is 20.4. The molecule has 11 heteroatoms. The van der Waals surface area contributed by atoms with Crippen LogP contribution in [0.3, 0.4) is 0 Å². The third kappa shape index (κ3) is 5.31. The number of carbonyl (C=O) groups is 1. The largest absolute Gasteiger partial charge is 0.373 e. The van der Waals surface area contributed by atoms with Crippen molar-refractivity contribution in [3.05, 3.63) is 54.1 Å². The minimum absolute atomic E-state index is 0.0249. The molecule has 3 rings (SSSR count). The molecule has 0 unspecified atom stereocenters. The number of amides is 1. The number of hydrogen-bond acceptors (Lipinski definition) is 6. The number of carbonyl (C=O) groups excluding carboxylic acids is 1. The summed E-state index contributed by atoms with van der Waals surface area (Å²) in [5, 5.41) is 2.64. The summed E-state index contributed by atoms with van der Waals surface area (Å²) >= 11 is 0. The molecule has 0 bridgehead atoms. The molecule has 0 spiro atoms. The van der Waals surface area contributed by atoms with Crippen LogP contribution in [0.4, 0.5) is 5.69 Å². The van der Waals surface area contributed by atoms with Crippen LogP contribution in [0, 0.1) is 0 Å². The molecule has 0 aliphatic carbocycles. The third-order valence-corrected chi connectivity index (χ3v) is 8.07. The zero-order valence-corrected chi connectivity index (χ0v) is 19.0. The first-order chi connectivity index (χ1) is 14.5. The fourth-order valence-electron chi connectivity index (χ4n) is 3.31. The number of hydrogen-bond donors (Lipinski definition) is 2. The van der Waals surface area contributed by atoms with Crippen LogP contribution in [-0.2, 0) is 24.8 Å². The predicted octanol–water partition coefficient (Wildman–Crippen LogP) is 1.64. The van der Waals surface area contributed by atoms with E-state index in [4.69, 9.17) is 4.74 Å². The average Bonchev–Trinajstić information content (AvgIpc) is 2.73. The Kier molecular flexibility index (Phi) is 6.82. The molecule has 1 heterocycles. The van der Waals surface area contributed by atoms with Crippen molar-refractivity contribution in [2.24, 2.45) is 0 Å². The van der Waals surface area contributed by atoms with Gasteiger partial charge in [-0.25, -0.2) is 21.6 Å². The molecule has 0 radical (unpaired) electrons. The van der Waals surface area contributed by atoms with Gasteiger partial charge in [0.05, 0.1) is 22.0 Å². The minimum Gasteiger partial charge on any atom is -0.373 e. The molecule has 168 valence electrons. The average molecular weight is 468 g/mol. The van der Waals surface area contributed by atoms with Gasteiger partial charge >= 0.3 is 0 Å². The molecule has 2 aromatic carbocycles. The second kappa shape index (κ2) is 9.05. The lowest BCUT2D eigenvalue weighted by atomic mass is 10.2. The van der Waals surface area contributed by atoms with Crippen molar-refractivity contribution in [3.63, 3.8) is 0 Å². The van der Waals surface area contributed by atoms with E-state index in [2.05, 4.69) is 10.0 Å². The number of nitrogens with zero attached hydrogens (tertiary/aromatic N) is 1. The first-order valence-corrected chi connectivity index (χ1v) is 12.6. The van der Waals surface area contributed by atoms with Crippen molar-refractivity contribution >= 4 is 31.6 Å². The van der Waals surface area contributed by atoms with Crippen molar-refractivity contribution in [2.75, 3.05) is 25.5 Å². The highest BCUT2D eigenvalue weighted by atomic mass is 32.2. The highest BCUT2D eigenvalue weighted by molar-refractivity contribution is 7.89. The number of sulfonamides is 2. The van der Waals surface area contributed by atoms with Gasteiger partial charge in [-0.15, -0.1) is 0 Å². The van der Waals surface area contributed by atoms with Crippen LogP contribution < -0.4 is 10.0 Å². The van der Waals surface area contributed by atoms with Crippen molar-refractivity contribution in [3.8, 4) is 0 Å². The van der Waals surface area contributed by atoms with Crippen LogP contribution in [0.2, 0.25) is 0 Å². The molecule has 1 fully saturated rings. The van der Waals surface area contributed by atoms with Crippen LogP contribution in [0.1, 0.15) is 24.2 Å². The summed E-state index contributed by atoms with van der Waals surface area (Å²) in [6.45, 7) is 4.11. The maximum atomic E-state index is 13.0. The van der Waals surface area contributed by atoms with Gasteiger partial charge in [0.25, 0.3) is 5.91 Å². The number of anilines is 1. The van der Waals surface area contributed by atoms with Gasteiger partial charge in [-0.05, 0) is 63.4 Å². The second-order valence-electron chi connectivity index (χ2n) is 7.29. The SMILES string of the molecule is CNS(=O)(=O)c1ccc(NC(=O)c2cccc(S(=O)(=O)N3C[C@H](C)O[C@@H](C)C3)c2)cc1. The molecule has 31 heavy (non-hydrogen) atoms. The molecule has 1 aliphatic rings. The Morgan fingerprint density at radius 2 is 1.58 bits per heavy atom. The summed E-state index contributed by atoms with van der Waals surface area (Å²) in [5.41, 5.74) is 0.548. The van der Waals surface area contributed by atoms with Crippen molar-refractivity contribution < 1.29 is 26.4 Å². The molecule has 2 N–H and O–H groups in total. The van der Waals surface area contributed by atoms with Crippen LogP contribution in [0.15, 0.2) is 58.3 Å². The van der Waals surface area contributed by atoms with Gasteiger partial charge in [-0.1, -0.05) is 6.07 Å². The first-order valence-electron chi connectivity index (χ1n) is 9.63. The van der Waals surface area contributed by atoms with E-state index in [9.17, 15) is 21.6 Å². The van der Waals surface area contributed by atoms with Crippen molar-refractivity contribution in [1.29, 1.82) is 0 Å². The van der Waals surface area contributed by atoms with E-state index in [1.165, 1.54) is 59.9 Å². The zero-order chi connectivity index (χ0) is 22.8. The monoisotopic (exact) mass is 467 g/mol. The van der Waals surface area contributed by atoms with Crippen molar-refractivity contribution in [2.45, 2.75) is 35.8 Å². The molecule has 0 saturated carbocycles. The van der Waals surface area contributed by atoms with E-state index in [1.807, 2.05) is 13.8 Å². The molecule has 1 saturated heterocycles. The molecule has 0 aromatic heterocycles. The summed E-state index contributed by atoms with van der Waals surface area (Å²) in [5.74, 6) is -0.509. The molecule has 2 atom stereocenters. The number of ether oxygens (including phenoxy) is 1. The standard InChI is InChI=1S/C20H25N3O6S2/c1-14-12-23(13-15(2)29-14)31(27,28)19-6-4-5-16(11-19)20(24)22-17-7-9-18(10-8-17)30(25,26)21-3/h4-11,14-15,21H,12-13H2,1-3H3,(H,22,24)/t14-,15-/m0/s1. The van der Waals surface area contributed by atoms with Crippen LogP contribution in [-0.4, -0.2) is 59.4 Å². The topological polar surface area (TPSA) is 122 Å². The lowest BCUT2D eigenvalue weighted by Crippen LogP contribution is -2.48. The minimum atomic E-state index is -3.78. The van der Waals surface area contributed by atoms with Gasteiger partial charge in [-0.3, -0.25) is 4.79 Å². The van der Waals surface area contributed by atoms with E-state index < -0.39 is 26.0 Å². The Morgan fingerprint density at radius 3 is 2.16 bits per heavy atom. The summed E-state index contributed by atoms with van der Waals surface area (Å²) in [6.07, 6.45) is -0.445. The van der Waals surface area contributed by atoms with Gasteiger partial charge < -0.3 is 10.1 Å². The van der Waals surface area contributed by atoms with E-state index in [-0.39, 0.29) is 40.7 Å². The molecule has 1 aliphatic heterocycles. The van der Waals surface area contributed by atoms with Gasteiger partial charge in [0.1, 0.15) is 0 Å². The number of nitrogens with one attached hydrogen (secondary N) is 2. The lowest BCUT2D eigenvalue weighted by Gasteiger charge is -2.34. The number of rotatable bonds is 6. The van der Waals surface area contributed by atoms with Gasteiger partial charge in [-0.2, -0.15) is 4.31 Å². The lowest BCUT2D eigenvalue weighted by molar-refractivity contribution is -0.0440. The Labute approximate surface area is 182 Å². The highest BCUT2D eigenvalue weighted by Crippen LogP contribution is 2.22. The predicted molar refractivity (Wildman–Crippen MR) is 116 cm³/mol. The summed E-state index contributed by atoms with van der Waals surface area (Å²) in [4.78, 5) is 12.7. The fourth-order valence-corrected chi connectivity index (χ4v) is 5.68. The highest BCUT2D eigenvalue weighted by Gasteiger charge is 2.32. The third-order valence-electron chi connectivity index (χ3n) is 4.81. The van der Waals surface area contributed by atoms with E-state index in [0.29, 0.717) is 5.69 Å². The molecular formula is C20H25N3O6S2. The van der Waals surface area contributed by atoms with E-state index in [0.717, 1.165) is 0 Å². The number of morpholine rings is 1. The summed E-state index contributed by atoms with van der Waals surface area (Å²) in [7, 11) is -6.05. The van der Waals surface area contributed by atoms with Crippen LogP contribution in [0.25, 0.3) is 0 Å². The van der Waals surface area contributed by atoms with E-state index >= 15 is 0 Å². The Balaban J connectivity index is 1.79. The molecular weight excluding hydrogens is 442 g/mol. The molecule has 2 aromatic rings. The molecule has 1 amide bonds. The maximum Gasteiger partial charge on any atom is 0.255 e. The van der Waals surface area contributed by atoms with Gasteiger partial charge in [0.2, 0.25) is 20.0 Å². The van der Waals surface area contributed by atoms with Gasteiger partial charge in [0.15, 0.2) is 0 Å². The quantitative estimate of drug-likeness (QED) is 0.666. The first kappa shape index (κ1) is 23.4. The smallest absolute Gasteiger partial charge is 0.255 e. The maximum absolute atomic E-state index is 13.0. The van der Waals surface area contributed by atoms with Gasteiger partial charge in [0, 0.05) is 24.3 Å². The zero-order valence-electron chi connectivity index (χ0n) is 17.4. The Hall–Kier alpha value is -2.31. The van der Waals surface area contributed by atoms with Crippen LogP contribution >= 0.6 is 0 Å². The van der Waals surface area contributed by atoms with E-state index in [1.54, 1.807) is 0 Å². The summed E-state index contributed by atoms with van der Waals surface area (Å²) in [6, 6.07) is 11.4. The van der Waals surface area contributed by atoms with Crippen molar-refractivity contribution in [1.82, 2.24) is 9.03 Å². The Bertz CT molecular complexity index is 1150. The summed E-state index contributed by atoms with van der Waals surface area (Å²) < 4.78 is 58.9. The number of benzene rings is 2.